The molecule has 9 nitrogen and oxygen atoms in total. The summed E-state index contributed by atoms with van der Waals surface area (Å²) < 4.78 is 7.13. The number of nitrogens with zero attached hydrogens (tertiary/aromatic N) is 4. The number of hydrogen-bond acceptors (Lipinski definition) is 8. The highest BCUT2D eigenvalue weighted by atomic mass is 32.2. The first-order valence-electron chi connectivity index (χ1n) is 12.2. The summed E-state index contributed by atoms with van der Waals surface area (Å²) in [7, 11) is 1.60. The Morgan fingerprint density at radius 1 is 1.21 bits per heavy atom. The maximum atomic E-state index is 13.7. The molecule has 1 aromatic carbocycles. The predicted molar refractivity (Wildman–Crippen MR) is 152 cm³/mol. The first-order chi connectivity index (χ1) is 18.3. The Morgan fingerprint density at radius 2 is 1.92 bits per heavy atom. The SMILES string of the molecule is COc1ccc(CN2C(=O)/C(=C\c3c(N4CCC(C(N)=O)CC4)nc4c(C)cccn4c3=O)SC2=S)cc1. The van der Waals surface area contributed by atoms with Gasteiger partial charge in [-0.1, -0.05) is 42.2 Å². The van der Waals surface area contributed by atoms with Crippen molar-refractivity contribution < 1.29 is 14.3 Å². The van der Waals surface area contributed by atoms with Gasteiger partial charge in [0.1, 0.15) is 21.5 Å². The molecule has 0 unspecified atom stereocenters. The fraction of sp³-hybridized carbons (Fsp3) is 0.296. The van der Waals surface area contributed by atoms with Gasteiger partial charge in [-0.2, -0.15) is 0 Å². The number of carbonyl (C=O) groups excluding carboxylic acids is 2. The van der Waals surface area contributed by atoms with Gasteiger partial charge in [0.15, 0.2) is 0 Å². The number of aromatic nitrogens is 2. The third kappa shape index (κ3) is 4.91. The van der Waals surface area contributed by atoms with Gasteiger partial charge in [0.25, 0.3) is 11.5 Å². The van der Waals surface area contributed by atoms with E-state index in [2.05, 4.69) is 0 Å². The van der Waals surface area contributed by atoms with E-state index in [0.29, 0.717) is 58.7 Å². The van der Waals surface area contributed by atoms with Crippen molar-refractivity contribution in [3.63, 3.8) is 0 Å². The number of carbonyl (C=O) groups is 2. The summed E-state index contributed by atoms with van der Waals surface area (Å²) in [5.74, 6) is 0.446. The number of hydrogen-bond donors (Lipinski definition) is 1. The maximum Gasteiger partial charge on any atom is 0.267 e. The lowest BCUT2D eigenvalue weighted by atomic mass is 9.96. The van der Waals surface area contributed by atoms with Gasteiger partial charge in [-0.25, -0.2) is 4.98 Å². The molecule has 0 radical (unpaired) electrons. The molecule has 2 fully saturated rings. The topological polar surface area (TPSA) is 110 Å². The van der Waals surface area contributed by atoms with Crippen LogP contribution in [0.5, 0.6) is 5.75 Å². The summed E-state index contributed by atoms with van der Waals surface area (Å²) in [4.78, 5) is 47.6. The van der Waals surface area contributed by atoms with Crippen LogP contribution in [0.2, 0.25) is 0 Å². The first kappa shape index (κ1) is 25.9. The van der Waals surface area contributed by atoms with Gasteiger partial charge in [-0.05, 0) is 55.2 Å². The van der Waals surface area contributed by atoms with E-state index >= 15 is 0 Å². The molecule has 0 aliphatic carbocycles. The van der Waals surface area contributed by atoms with Gasteiger partial charge in [-0.3, -0.25) is 23.7 Å². The van der Waals surface area contributed by atoms with Crippen LogP contribution < -0.4 is 20.9 Å². The van der Waals surface area contributed by atoms with Crippen molar-refractivity contribution in [3.8, 4) is 5.75 Å². The second-order valence-electron chi connectivity index (χ2n) is 9.32. The molecule has 2 amide bonds. The Hall–Kier alpha value is -3.70. The first-order valence-corrected chi connectivity index (χ1v) is 13.4. The highest BCUT2D eigenvalue weighted by molar-refractivity contribution is 8.26. The highest BCUT2D eigenvalue weighted by Gasteiger charge is 2.33. The lowest BCUT2D eigenvalue weighted by Gasteiger charge is -2.32. The number of ether oxygens (including phenoxy) is 1. The second kappa shape index (κ2) is 10.6. The zero-order chi connectivity index (χ0) is 27.0. The lowest BCUT2D eigenvalue weighted by molar-refractivity contribution is -0.123. The van der Waals surface area contributed by atoms with E-state index in [1.54, 1.807) is 25.4 Å². The van der Waals surface area contributed by atoms with Gasteiger partial charge in [-0.15, -0.1) is 0 Å². The van der Waals surface area contributed by atoms with Crippen molar-refractivity contribution >= 4 is 57.7 Å². The quantitative estimate of drug-likeness (QED) is 0.369. The zero-order valence-corrected chi connectivity index (χ0v) is 22.7. The number of rotatable bonds is 6. The predicted octanol–water partition coefficient (Wildman–Crippen LogP) is 3.11. The molecule has 38 heavy (non-hydrogen) atoms. The van der Waals surface area contributed by atoms with E-state index in [9.17, 15) is 14.4 Å². The number of methoxy groups -OCH3 is 1. The van der Waals surface area contributed by atoms with Crippen LogP contribution in [0.25, 0.3) is 11.7 Å². The van der Waals surface area contributed by atoms with Crippen LogP contribution in [0, 0.1) is 12.8 Å². The van der Waals surface area contributed by atoms with Crippen LogP contribution in [0.1, 0.15) is 29.5 Å². The summed E-state index contributed by atoms with van der Waals surface area (Å²) in [5, 5.41) is 0. The summed E-state index contributed by atoms with van der Waals surface area (Å²) >= 11 is 6.70. The number of thiocarbonyl (C=S) groups is 1. The van der Waals surface area contributed by atoms with Crippen molar-refractivity contribution in [2.24, 2.45) is 11.7 Å². The summed E-state index contributed by atoms with van der Waals surface area (Å²) in [6.07, 6.45) is 4.43. The Morgan fingerprint density at radius 3 is 2.58 bits per heavy atom. The van der Waals surface area contributed by atoms with Gasteiger partial charge >= 0.3 is 0 Å². The molecule has 2 aliphatic rings. The van der Waals surface area contributed by atoms with Crippen LogP contribution in [0.4, 0.5) is 5.82 Å². The highest BCUT2D eigenvalue weighted by Crippen LogP contribution is 2.35. The van der Waals surface area contributed by atoms with Gasteiger partial charge in [0.05, 0.1) is 24.1 Å². The van der Waals surface area contributed by atoms with Gasteiger partial charge in [0.2, 0.25) is 5.91 Å². The van der Waals surface area contributed by atoms with E-state index in [4.69, 9.17) is 27.7 Å². The monoisotopic (exact) mass is 549 g/mol. The van der Waals surface area contributed by atoms with Crippen molar-refractivity contribution in [3.05, 3.63) is 74.5 Å². The Balaban J connectivity index is 1.52. The molecule has 11 heteroatoms. The fourth-order valence-corrected chi connectivity index (χ4v) is 5.96. The number of fused-ring (bicyclic) bond motifs is 1. The number of pyridine rings is 1. The Kier molecular flexibility index (Phi) is 7.22. The van der Waals surface area contributed by atoms with E-state index < -0.39 is 0 Å². The molecule has 2 saturated heterocycles. The third-order valence-electron chi connectivity index (χ3n) is 6.91. The molecule has 2 aromatic heterocycles. The molecule has 0 atom stereocenters. The van der Waals surface area contributed by atoms with Gasteiger partial charge in [0, 0.05) is 25.2 Å². The van der Waals surface area contributed by atoms with Crippen molar-refractivity contribution in [1.29, 1.82) is 0 Å². The number of aryl methyl sites for hydroxylation is 1. The summed E-state index contributed by atoms with van der Waals surface area (Å²) in [5.41, 5.74) is 7.88. The number of piperidine rings is 1. The van der Waals surface area contributed by atoms with Crippen LogP contribution in [-0.2, 0) is 16.1 Å². The molecule has 3 aromatic rings. The minimum absolute atomic E-state index is 0.202. The van der Waals surface area contributed by atoms with Crippen LogP contribution in [0.15, 0.2) is 52.3 Å². The second-order valence-corrected chi connectivity index (χ2v) is 11.0. The van der Waals surface area contributed by atoms with Crippen LogP contribution in [-0.4, -0.2) is 50.6 Å². The average molecular weight is 550 g/mol. The Bertz CT molecular complexity index is 1520. The Labute approximate surface area is 229 Å². The molecule has 2 N–H and O–H groups in total. The standard InChI is InChI=1S/C27H27N5O4S2/c1-16-4-3-11-31-23(16)29-24(30-12-9-18(10-13-30)22(28)33)20(25(31)34)14-21-26(35)32(27(37)38-21)15-17-5-7-19(36-2)8-6-17/h3-8,11,14,18H,9-10,12-13,15H2,1-2H3,(H2,28,33)/b21-14+. The molecule has 0 bridgehead atoms. The molecule has 5 rings (SSSR count). The molecule has 196 valence electrons. The minimum Gasteiger partial charge on any atom is -0.497 e. The molecular weight excluding hydrogens is 522 g/mol. The number of benzene rings is 1. The van der Waals surface area contributed by atoms with Crippen LogP contribution >= 0.6 is 24.0 Å². The number of anilines is 1. The third-order valence-corrected chi connectivity index (χ3v) is 8.29. The smallest absolute Gasteiger partial charge is 0.267 e. The van der Waals surface area contributed by atoms with E-state index in [1.165, 1.54) is 21.1 Å². The average Bonchev–Trinajstić information content (AvgIpc) is 3.18. The van der Waals surface area contributed by atoms with Crippen LogP contribution in [0.3, 0.4) is 0 Å². The molecule has 0 saturated carbocycles. The molecule has 0 spiro atoms. The number of nitrogens with two attached hydrogens (primary N) is 1. The fourth-order valence-electron chi connectivity index (χ4n) is 4.72. The van der Waals surface area contributed by atoms with E-state index in [-0.39, 0.29) is 23.3 Å². The van der Waals surface area contributed by atoms with E-state index in [0.717, 1.165) is 16.9 Å². The van der Waals surface area contributed by atoms with Crippen molar-refractivity contribution in [2.75, 3.05) is 25.1 Å². The summed E-state index contributed by atoms with van der Waals surface area (Å²) in [6.45, 7) is 3.27. The van der Waals surface area contributed by atoms with E-state index in [1.807, 2.05) is 42.2 Å². The number of thioether (sulfide) groups is 1. The minimum atomic E-state index is -0.312. The van der Waals surface area contributed by atoms with Crippen molar-refractivity contribution in [1.82, 2.24) is 14.3 Å². The molecule has 2 aliphatic heterocycles. The number of primary amides is 1. The maximum absolute atomic E-state index is 13.7. The molecular formula is C27H27N5O4S2. The normalized spacial score (nSPS) is 17.6. The number of amides is 2. The zero-order valence-electron chi connectivity index (χ0n) is 21.0. The lowest BCUT2D eigenvalue weighted by Crippen LogP contribution is -2.40. The summed E-state index contributed by atoms with van der Waals surface area (Å²) in [6, 6.07) is 11.1. The molecule has 4 heterocycles. The largest absolute Gasteiger partial charge is 0.497 e. The van der Waals surface area contributed by atoms with Gasteiger partial charge < -0.3 is 15.4 Å². The van der Waals surface area contributed by atoms with Crippen molar-refractivity contribution in [2.45, 2.75) is 26.3 Å².